The van der Waals surface area contributed by atoms with E-state index in [0.717, 1.165) is 31.0 Å². The van der Waals surface area contributed by atoms with Crippen LogP contribution in [0.5, 0.6) is 5.75 Å². The number of nitrogens with two attached hydrogens (primary N) is 1. The lowest BCUT2D eigenvalue weighted by Gasteiger charge is -2.14. The molecule has 0 saturated heterocycles. The lowest BCUT2D eigenvalue weighted by atomic mass is 10.1. The van der Waals surface area contributed by atoms with Crippen molar-refractivity contribution in [3.63, 3.8) is 0 Å². The van der Waals surface area contributed by atoms with Crippen LogP contribution in [0, 0.1) is 0 Å². The number of halogens is 3. The quantitative estimate of drug-likeness (QED) is 0.120. The summed E-state index contributed by atoms with van der Waals surface area (Å²) in [4.78, 5) is 15.8. The van der Waals surface area contributed by atoms with Gasteiger partial charge >= 0.3 is 0 Å². The molecule has 0 unspecified atom stereocenters. The number of carbonyl (C=O) groups is 1. The zero-order valence-electron chi connectivity index (χ0n) is 17.2. The number of aromatic nitrogens is 1. The average molecular weight is 589 g/mol. The molecular formula is C22H25Br2ClN4O3. The summed E-state index contributed by atoms with van der Waals surface area (Å²) < 4.78 is 7.40. The Morgan fingerprint density at radius 3 is 2.75 bits per heavy atom. The van der Waals surface area contributed by atoms with Crippen molar-refractivity contribution in [2.75, 3.05) is 19.7 Å². The van der Waals surface area contributed by atoms with Crippen molar-refractivity contribution in [1.82, 2.24) is 10.3 Å². The van der Waals surface area contributed by atoms with Gasteiger partial charge in [-0.3, -0.25) is 4.79 Å². The Hall–Kier alpha value is -2.07. The molecule has 3 aromatic rings. The number of fused-ring (bicyclic) bond motifs is 1. The molecule has 0 fully saturated rings. The summed E-state index contributed by atoms with van der Waals surface area (Å²) in [5.74, 6) is 0.177. The van der Waals surface area contributed by atoms with Crippen LogP contribution < -0.4 is 15.8 Å². The Morgan fingerprint density at radius 1 is 1.22 bits per heavy atom. The second kappa shape index (κ2) is 12.8. The van der Waals surface area contributed by atoms with Gasteiger partial charge in [0.25, 0.3) is 5.91 Å². The lowest BCUT2D eigenvalue weighted by molar-refractivity contribution is -0.115. The number of aromatic amines is 1. The number of ether oxygens (including phenoxy) is 1. The monoisotopic (exact) mass is 586 g/mol. The Balaban J connectivity index is 0.00000363. The van der Waals surface area contributed by atoms with Gasteiger partial charge < -0.3 is 26.0 Å². The molecule has 0 aliphatic rings. The van der Waals surface area contributed by atoms with Crippen molar-refractivity contribution < 1.29 is 14.7 Å². The van der Waals surface area contributed by atoms with Crippen LogP contribution in [0.4, 0.5) is 0 Å². The average Bonchev–Trinajstić information content (AvgIpc) is 3.16. The Bertz CT molecular complexity index is 1090. The third-order valence-corrected chi connectivity index (χ3v) is 5.82. The SMILES string of the molecule is Cl.NCCCOc1c(Br)cc(Br)cc1C/C(=N\O)C(=O)NCCc1c[nH]c2ccccc12. The number of amides is 1. The molecule has 0 atom stereocenters. The molecule has 2 aromatic carbocycles. The van der Waals surface area contributed by atoms with Gasteiger partial charge in [-0.2, -0.15) is 0 Å². The van der Waals surface area contributed by atoms with Crippen LogP contribution in [0.1, 0.15) is 17.5 Å². The summed E-state index contributed by atoms with van der Waals surface area (Å²) >= 11 is 6.94. The van der Waals surface area contributed by atoms with Crippen LogP contribution in [0.25, 0.3) is 10.9 Å². The maximum Gasteiger partial charge on any atom is 0.269 e. The molecule has 10 heteroatoms. The first-order chi connectivity index (χ1) is 15.0. The zero-order chi connectivity index (χ0) is 22.2. The van der Waals surface area contributed by atoms with E-state index >= 15 is 0 Å². The van der Waals surface area contributed by atoms with Crippen molar-refractivity contribution >= 4 is 66.8 Å². The first-order valence-electron chi connectivity index (χ1n) is 9.88. The molecule has 0 aliphatic carbocycles. The molecule has 32 heavy (non-hydrogen) atoms. The third kappa shape index (κ3) is 6.71. The Kier molecular flexibility index (Phi) is 10.5. The van der Waals surface area contributed by atoms with E-state index in [-0.39, 0.29) is 24.5 Å². The molecule has 7 nitrogen and oxygen atoms in total. The Labute approximate surface area is 209 Å². The predicted octanol–water partition coefficient (Wildman–Crippen LogP) is 4.57. The standard InChI is InChI=1S/C22H24Br2N4O3.ClH/c23-16-10-15(21(18(24)12-16)31-9-3-7-25)11-20(28-30)22(29)26-8-6-14-13-27-19-5-2-1-4-17(14)19;/h1-2,4-5,10,12-13,27,30H,3,6-9,11,25H2,(H,26,29);1H/b28-20+;. The second-order valence-corrected chi connectivity index (χ2v) is 8.73. The number of H-pyrrole nitrogens is 1. The van der Waals surface area contributed by atoms with E-state index < -0.39 is 5.91 Å². The van der Waals surface area contributed by atoms with Crippen molar-refractivity contribution in [3.05, 3.63) is 62.7 Å². The maximum atomic E-state index is 12.6. The molecule has 172 valence electrons. The van der Waals surface area contributed by atoms with E-state index in [9.17, 15) is 10.0 Å². The van der Waals surface area contributed by atoms with Crippen molar-refractivity contribution in [2.45, 2.75) is 19.3 Å². The number of rotatable bonds is 10. The molecule has 0 saturated carbocycles. The van der Waals surface area contributed by atoms with Crippen LogP contribution in [0.3, 0.4) is 0 Å². The zero-order valence-corrected chi connectivity index (χ0v) is 21.2. The minimum Gasteiger partial charge on any atom is -0.492 e. The Morgan fingerprint density at radius 2 is 2.00 bits per heavy atom. The molecule has 5 N–H and O–H groups in total. The van der Waals surface area contributed by atoms with Gasteiger partial charge in [-0.25, -0.2) is 0 Å². The molecule has 0 radical (unpaired) electrons. The molecule has 3 rings (SSSR count). The first-order valence-corrected chi connectivity index (χ1v) is 11.5. The van der Waals surface area contributed by atoms with Crippen LogP contribution in [0.2, 0.25) is 0 Å². The molecule has 0 aliphatic heterocycles. The first kappa shape index (κ1) is 26.2. The van der Waals surface area contributed by atoms with E-state index in [1.807, 2.05) is 42.6 Å². The normalized spacial score (nSPS) is 11.3. The summed E-state index contributed by atoms with van der Waals surface area (Å²) in [5.41, 5.74) is 8.44. The highest BCUT2D eigenvalue weighted by Crippen LogP contribution is 2.33. The molecule has 1 aromatic heterocycles. The van der Waals surface area contributed by atoms with Crippen LogP contribution in [-0.4, -0.2) is 41.5 Å². The highest BCUT2D eigenvalue weighted by atomic mass is 79.9. The summed E-state index contributed by atoms with van der Waals surface area (Å²) in [7, 11) is 0. The number of nitrogens with one attached hydrogen (secondary N) is 2. The minimum atomic E-state index is -0.425. The van der Waals surface area contributed by atoms with Crippen molar-refractivity contribution in [2.24, 2.45) is 10.9 Å². The maximum absolute atomic E-state index is 12.6. The van der Waals surface area contributed by atoms with E-state index in [1.165, 1.54) is 0 Å². The van der Waals surface area contributed by atoms with Crippen LogP contribution >= 0.6 is 44.3 Å². The summed E-state index contributed by atoms with van der Waals surface area (Å²) in [6.07, 6.45) is 3.43. The topological polar surface area (TPSA) is 113 Å². The van der Waals surface area contributed by atoms with E-state index in [2.05, 4.69) is 47.3 Å². The van der Waals surface area contributed by atoms with Gasteiger partial charge in [0.05, 0.1) is 11.1 Å². The fourth-order valence-corrected chi connectivity index (χ4v) is 4.68. The van der Waals surface area contributed by atoms with Crippen molar-refractivity contribution in [1.29, 1.82) is 0 Å². The second-order valence-electron chi connectivity index (χ2n) is 6.96. The van der Waals surface area contributed by atoms with Gasteiger partial charge in [0, 0.05) is 40.1 Å². The van der Waals surface area contributed by atoms with E-state index in [1.54, 1.807) is 0 Å². The smallest absolute Gasteiger partial charge is 0.269 e. The van der Waals surface area contributed by atoms with Gasteiger partial charge in [-0.05, 0) is 59.1 Å². The molecule has 0 spiro atoms. The summed E-state index contributed by atoms with van der Waals surface area (Å²) in [5, 5.41) is 16.7. The van der Waals surface area contributed by atoms with Gasteiger partial charge in [-0.1, -0.05) is 39.3 Å². The minimum absolute atomic E-state index is 0. The van der Waals surface area contributed by atoms with E-state index in [0.29, 0.717) is 38.3 Å². The van der Waals surface area contributed by atoms with Crippen LogP contribution in [0.15, 0.2) is 56.7 Å². The lowest BCUT2D eigenvalue weighted by Crippen LogP contribution is -2.33. The summed E-state index contributed by atoms with van der Waals surface area (Å²) in [6, 6.07) is 11.7. The van der Waals surface area contributed by atoms with Gasteiger partial charge in [0.15, 0.2) is 0 Å². The molecule has 0 bridgehead atoms. The summed E-state index contributed by atoms with van der Waals surface area (Å²) in [6.45, 7) is 1.39. The number of oxime groups is 1. The number of benzene rings is 2. The number of hydrogen-bond acceptors (Lipinski definition) is 5. The van der Waals surface area contributed by atoms with Gasteiger partial charge in [0.1, 0.15) is 11.5 Å². The fraction of sp³-hybridized carbons (Fsp3) is 0.273. The molecular weight excluding hydrogens is 564 g/mol. The van der Waals surface area contributed by atoms with Gasteiger partial charge in [-0.15, -0.1) is 12.4 Å². The number of carbonyl (C=O) groups excluding carboxylic acids is 1. The fourth-order valence-electron chi connectivity index (χ4n) is 3.26. The van der Waals surface area contributed by atoms with Gasteiger partial charge in [0.2, 0.25) is 0 Å². The number of nitrogens with zero attached hydrogens (tertiary/aromatic N) is 1. The molecule has 1 amide bonds. The highest BCUT2D eigenvalue weighted by molar-refractivity contribution is 9.11. The predicted molar refractivity (Wildman–Crippen MR) is 136 cm³/mol. The number of hydrogen-bond donors (Lipinski definition) is 4. The highest BCUT2D eigenvalue weighted by Gasteiger charge is 2.18. The van der Waals surface area contributed by atoms with E-state index in [4.69, 9.17) is 10.5 Å². The van der Waals surface area contributed by atoms with Crippen molar-refractivity contribution in [3.8, 4) is 5.75 Å². The molecule has 1 heterocycles. The van der Waals surface area contributed by atoms with Crippen LogP contribution in [-0.2, 0) is 17.6 Å². The number of para-hydroxylation sites is 1. The largest absolute Gasteiger partial charge is 0.492 e. The third-order valence-electron chi connectivity index (χ3n) is 4.78.